The van der Waals surface area contributed by atoms with Gasteiger partial charge >= 0.3 is 0 Å². The average Bonchev–Trinajstić information content (AvgIpc) is 2.89. The highest BCUT2D eigenvalue weighted by Crippen LogP contribution is 2.11. The van der Waals surface area contributed by atoms with E-state index in [1.807, 2.05) is 30.8 Å². The number of rotatable bonds is 5. The average molecular weight is 233 g/mol. The molecule has 0 spiro atoms. The molecule has 0 saturated heterocycles. The number of anilines is 1. The predicted molar refractivity (Wildman–Crippen MR) is 64.0 cm³/mol. The fourth-order valence-electron chi connectivity index (χ4n) is 1.40. The molecule has 6 nitrogen and oxygen atoms in total. The van der Waals surface area contributed by atoms with Crippen LogP contribution in [0.3, 0.4) is 0 Å². The van der Waals surface area contributed by atoms with Crippen molar-refractivity contribution in [3.8, 4) is 5.82 Å². The van der Waals surface area contributed by atoms with Crippen LogP contribution in [0.15, 0.2) is 24.8 Å². The summed E-state index contributed by atoms with van der Waals surface area (Å²) in [6, 6.07) is 1.86. The van der Waals surface area contributed by atoms with Crippen LogP contribution >= 0.6 is 0 Å². The Morgan fingerprint density at radius 3 is 2.94 bits per heavy atom. The first-order valence-corrected chi connectivity index (χ1v) is 5.45. The maximum Gasteiger partial charge on any atom is 0.158 e. The topological polar surface area (TPSA) is 64.9 Å². The molecule has 0 bridgehead atoms. The van der Waals surface area contributed by atoms with Gasteiger partial charge in [-0.1, -0.05) is 0 Å². The number of nitrogens with zero attached hydrogens (tertiary/aromatic N) is 4. The molecule has 0 saturated carbocycles. The zero-order valence-electron chi connectivity index (χ0n) is 9.92. The highest BCUT2D eigenvalue weighted by Gasteiger charge is 2.05. The summed E-state index contributed by atoms with van der Waals surface area (Å²) in [5.74, 6) is 2.19. The molecule has 0 aliphatic carbocycles. The summed E-state index contributed by atoms with van der Waals surface area (Å²) in [5, 5.41) is 3.01. The lowest BCUT2D eigenvalue weighted by atomic mass is 10.4. The first-order valence-electron chi connectivity index (χ1n) is 5.45. The first kappa shape index (κ1) is 11.5. The summed E-state index contributed by atoms with van der Waals surface area (Å²) in [5.41, 5.74) is 0. The molecule has 0 radical (unpaired) electrons. The smallest absolute Gasteiger partial charge is 0.158 e. The van der Waals surface area contributed by atoms with Gasteiger partial charge in [-0.2, -0.15) is 0 Å². The largest absolute Gasteiger partial charge is 0.374 e. The molecule has 6 heteroatoms. The standard InChI is InChI=1S/C11H15N5O/c1-3-17-7-10-14-9(12-2)6-11(15-10)16-5-4-13-8-16/h4-6,8H,3,7H2,1-2H3,(H,12,14,15). The van der Waals surface area contributed by atoms with E-state index >= 15 is 0 Å². The Kier molecular flexibility index (Phi) is 3.66. The van der Waals surface area contributed by atoms with Gasteiger partial charge in [0, 0.05) is 32.1 Å². The van der Waals surface area contributed by atoms with E-state index in [2.05, 4.69) is 20.3 Å². The van der Waals surface area contributed by atoms with Gasteiger partial charge < -0.3 is 10.1 Å². The van der Waals surface area contributed by atoms with E-state index < -0.39 is 0 Å². The first-order chi connectivity index (χ1) is 8.33. The van der Waals surface area contributed by atoms with Gasteiger partial charge in [-0.3, -0.25) is 4.57 Å². The minimum atomic E-state index is 0.410. The minimum Gasteiger partial charge on any atom is -0.374 e. The summed E-state index contributed by atoms with van der Waals surface area (Å²) in [6.07, 6.45) is 5.25. The van der Waals surface area contributed by atoms with E-state index in [0.29, 0.717) is 19.0 Å². The number of hydrogen-bond acceptors (Lipinski definition) is 5. The van der Waals surface area contributed by atoms with Crippen molar-refractivity contribution in [3.05, 3.63) is 30.6 Å². The lowest BCUT2D eigenvalue weighted by Gasteiger charge is -2.08. The predicted octanol–water partition coefficient (Wildman–Crippen LogP) is 1.24. The zero-order chi connectivity index (χ0) is 12.1. The van der Waals surface area contributed by atoms with E-state index in [9.17, 15) is 0 Å². The summed E-state index contributed by atoms with van der Waals surface area (Å²) in [7, 11) is 1.82. The Hall–Kier alpha value is -1.95. The quantitative estimate of drug-likeness (QED) is 0.841. The van der Waals surface area contributed by atoms with E-state index in [1.54, 1.807) is 12.5 Å². The van der Waals surface area contributed by atoms with Crippen molar-refractivity contribution in [3.63, 3.8) is 0 Å². The SMILES string of the molecule is CCOCc1nc(NC)cc(-n2ccnc2)n1. The van der Waals surface area contributed by atoms with Crippen LogP contribution in [0, 0.1) is 0 Å². The Bertz CT molecular complexity index is 469. The summed E-state index contributed by atoms with van der Waals surface area (Å²) in [6.45, 7) is 3.00. The van der Waals surface area contributed by atoms with Crippen molar-refractivity contribution in [1.82, 2.24) is 19.5 Å². The number of hydrogen-bond donors (Lipinski definition) is 1. The molecule has 17 heavy (non-hydrogen) atoms. The molecule has 90 valence electrons. The molecular formula is C11H15N5O. The van der Waals surface area contributed by atoms with Gasteiger partial charge in [-0.25, -0.2) is 15.0 Å². The number of nitrogens with one attached hydrogen (secondary N) is 1. The molecule has 2 aromatic rings. The lowest BCUT2D eigenvalue weighted by molar-refractivity contribution is 0.128. The highest BCUT2D eigenvalue weighted by atomic mass is 16.5. The van der Waals surface area contributed by atoms with Gasteiger partial charge in [0.1, 0.15) is 24.6 Å². The van der Waals surface area contributed by atoms with Gasteiger partial charge in [0.05, 0.1) is 0 Å². The second-order valence-electron chi connectivity index (χ2n) is 3.38. The molecule has 2 rings (SSSR count). The summed E-state index contributed by atoms with van der Waals surface area (Å²) >= 11 is 0. The number of ether oxygens (including phenoxy) is 1. The highest BCUT2D eigenvalue weighted by molar-refractivity contribution is 5.41. The van der Waals surface area contributed by atoms with Crippen LogP contribution < -0.4 is 5.32 Å². The van der Waals surface area contributed by atoms with Crippen LogP contribution in [0.25, 0.3) is 5.82 Å². The van der Waals surface area contributed by atoms with Crippen molar-refractivity contribution in [2.45, 2.75) is 13.5 Å². The molecule has 1 N–H and O–H groups in total. The van der Waals surface area contributed by atoms with Gasteiger partial charge in [-0.15, -0.1) is 0 Å². The fraction of sp³-hybridized carbons (Fsp3) is 0.364. The maximum atomic E-state index is 5.31. The van der Waals surface area contributed by atoms with E-state index in [0.717, 1.165) is 11.6 Å². The van der Waals surface area contributed by atoms with Crippen molar-refractivity contribution in [2.75, 3.05) is 19.0 Å². The molecule has 0 aliphatic rings. The second kappa shape index (κ2) is 5.40. The van der Waals surface area contributed by atoms with Crippen LogP contribution in [-0.2, 0) is 11.3 Å². The maximum absolute atomic E-state index is 5.31. The van der Waals surface area contributed by atoms with Gasteiger partial charge in [0.15, 0.2) is 5.82 Å². The molecule has 0 atom stereocenters. The molecular weight excluding hydrogens is 218 g/mol. The van der Waals surface area contributed by atoms with Crippen LogP contribution in [0.5, 0.6) is 0 Å². The molecule has 2 aromatic heterocycles. The summed E-state index contributed by atoms with van der Waals surface area (Å²) < 4.78 is 7.15. The Morgan fingerprint density at radius 2 is 2.29 bits per heavy atom. The monoisotopic (exact) mass is 233 g/mol. The van der Waals surface area contributed by atoms with E-state index in [-0.39, 0.29) is 0 Å². The van der Waals surface area contributed by atoms with Crippen LogP contribution in [0.4, 0.5) is 5.82 Å². The third-order valence-electron chi connectivity index (χ3n) is 2.22. The van der Waals surface area contributed by atoms with E-state index in [1.165, 1.54) is 0 Å². The van der Waals surface area contributed by atoms with Crippen molar-refractivity contribution in [1.29, 1.82) is 0 Å². The Labute approximate surface area is 99.7 Å². The molecule has 0 unspecified atom stereocenters. The van der Waals surface area contributed by atoms with E-state index in [4.69, 9.17) is 4.74 Å². The van der Waals surface area contributed by atoms with Crippen molar-refractivity contribution < 1.29 is 4.74 Å². The lowest BCUT2D eigenvalue weighted by Crippen LogP contribution is -2.06. The molecule has 0 aromatic carbocycles. The second-order valence-corrected chi connectivity index (χ2v) is 3.38. The third kappa shape index (κ3) is 2.79. The molecule has 0 fully saturated rings. The molecule has 0 aliphatic heterocycles. The van der Waals surface area contributed by atoms with Crippen LogP contribution in [-0.4, -0.2) is 33.2 Å². The summed E-state index contributed by atoms with van der Waals surface area (Å²) in [4.78, 5) is 12.7. The third-order valence-corrected chi connectivity index (χ3v) is 2.22. The Morgan fingerprint density at radius 1 is 1.41 bits per heavy atom. The minimum absolute atomic E-state index is 0.410. The molecule has 0 amide bonds. The number of imidazole rings is 1. The van der Waals surface area contributed by atoms with Crippen LogP contribution in [0.1, 0.15) is 12.7 Å². The molecule has 2 heterocycles. The van der Waals surface area contributed by atoms with Gasteiger partial charge in [-0.05, 0) is 6.92 Å². The Balaban J connectivity index is 2.32. The van der Waals surface area contributed by atoms with Crippen molar-refractivity contribution >= 4 is 5.82 Å². The normalized spacial score (nSPS) is 10.5. The number of aromatic nitrogens is 4. The van der Waals surface area contributed by atoms with Crippen LogP contribution in [0.2, 0.25) is 0 Å². The fourth-order valence-corrected chi connectivity index (χ4v) is 1.40. The van der Waals surface area contributed by atoms with Crippen molar-refractivity contribution in [2.24, 2.45) is 0 Å². The zero-order valence-corrected chi connectivity index (χ0v) is 9.92. The van der Waals surface area contributed by atoms with Gasteiger partial charge in [0.2, 0.25) is 0 Å². The van der Waals surface area contributed by atoms with Gasteiger partial charge in [0.25, 0.3) is 0 Å².